The Kier molecular flexibility index (Phi) is 5.52. The number of carbonyl (C=O) groups is 1. The largest absolute Gasteiger partial charge is 0.482 e. The molecule has 0 saturated carbocycles. The minimum atomic E-state index is -0.105. The summed E-state index contributed by atoms with van der Waals surface area (Å²) in [6.07, 6.45) is 2.20. The van der Waals surface area contributed by atoms with E-state index in [9.17, 15) is 4.79 Å². The number of nitrogens with zero attached hydrogens (tertiary/aromatic N) is 1. The number of benzene rings is 1. The Morgan fingerprint density at radius 2 is 2.30 bits per heavy atom. The van der Waals surface area contributed by atoms with E-state index >= 15 is 0 Å². The zero-order valence-corrected chi connectivity index (χ0v) is 12.8. The van der Waals surface area contributed by atoms with Gasteiger partial charge in [-0.2, -0.15) is 0 Å². The molecule has 0 bridgehead atoms. The van der Waals surface area contributed by atoms with E-state index in [0.29, 0.717) is 22.3 Å². The van der Waals surface area contributed by atoms with E-state index in [1.165, 1.54) is 0 Å². The first kappa shape index (κ1) is 15.4. The molecular weight excluding hydrogens is 301 g/mol. The Hall–Kier alpha value is -0.970. The summed E-state index contributed by atoms with van der Waals surface area (Å²) >= 11 is 11.8. The monoisotopic (exact) mass is 317 g/mol. The van der Waals surface area contributed by atoms with Crippen LogP contribution in [0, 0.1) is 0 Å². The lowest BCUT2D eigenvalue weighted by molar-refractivity contribution is -0.133. The van der Waals surface area contributed by atoms with Crippen LogP contribution in [0.5, 0.6) is 5.75 Å². The third-order valence-electron chi connectivity index (χ3n) is 3.17. The summed E-state index contributed by atoms with van der Waals surface area (Å²) in [7, 11) is 1.75. The van der Waals surface area contributed by atoms with Crippen molar-refractivity contribution in [3.8, 4) is 5.75 Å². The number of rotatable bonds is 5. The summed E-state index contributed by atoms with van der Waals surface area (Å²) in [4.78, 5) is 13.6. The van der Waals surface area contributed by atoms with Crippen molar-refractivity contribution in [3.63, 3.8) is 0 Å². The highest BCUT2D eigenvalue weighted by Crippen LogP contribution is 2.27. The smallest absolute Gasteiger partial charge is 0.260 e. The molecule has 0 spiro atoms. The molecule has 0 radical (unpaired) electrons. The number of carbonyl (C=O) groups excluding carboxylic acids is 1. The Labute approximate surface area is 128 Å². The first-order valence-corrected chi connectivity index (χ1v) is 7.25. The van der Waals surface area contributed by atoms with E-state index in [1.807, 2.05) is 0 Å². The zero-order chi connectivity index (χ0) is 14.5. The summed E-state index contributed by atoms with van der Waals surface area (Å²) in [5, 5.41) is 0.927. The highest BCUT2D eigenvalue weighted by molar-refractivity contribution is 6.35. The molecule has 1 aliphatic rings. The first-order valence-electron chi connectivity index (χ1n) is 6.49. The maximum absolute atomic E-state index is 12.0. The minimum Gasteiger partial charge on any atom is -0.482 e. The summed E-state index contributed by atoms with van der Waals surface area (Å²) in [5.74, 6) is 0.349. The van der Waals surface area contributed by atoms with Gasteiger partial charge in [-0.3, -0.25) is 4.79 Å². The van der Waals surface area contributed by atoms with Crippen molar-refractivity contribution in [1.29, 1.82) is 0 Å². The lowest BCUT2D eigenvalue weighted by atomic mass is 10.2. The van der Waals surface area contributed by atoms with Crippen LogP contribution in [-0.4, -0.2) is 43.7 Å². The van der Waals surface area contributed by atoms with E-state index in [1.54, 1.807) is 30.1 Å². The van der Waals surface area contributed by atoms with Crippen LogP contribution in [-0.2, 0) is 9.53 Å². The van der Waals surface area contributed by atoms with E-state index < -0.39 is 0 Å². The molecule has 1 fully saturated rings. The number of amides is 1. The van der Waals surface area contributed by atoms with E-state index in [4.69, 9.17) is 32.7 Å². The summed E-state index contributed by atoms with van der Waals surface area (Å²) in [6, 6.07) is 4.90. The van der Waals surface area contributed by atoms with Gasteiger partial charge in [-0.15, -0.1) is 0 Å². The van der Waals surface area contributed by atoms with Gasteiger partial charge in [0, 0.05) is 25.2 Å². The number of halogens is 2. The highest BCUT2D eigenvalue weighted by Gasteiger charge is 2.20. The first-order chi connectivity index (χ1) is 9.56. The molecule has 1 amide bonds. The molecule has 110 valence electrons. The molecule has 0 aliphatic carbocycles. The molecule has 0 aromatic heterocycles. The van der Waals surface area contributed by atoms with Crippen molar-refractivity contribution in [2.45, 2.75) is 18.9 Å². The molecule has 1 atom stereocenters. The van der Waals surface area contributed by atoms with Crippen LogP contribution < -0.4 is 4.74 Å². The van der Waals surface area contributed by atoms with Crippen molar-refractivity contribution < 1.29 is 14.3 Å². The molecule has 1 saturated heterocycles. The Morgan fingerprint density at radius 3 is 2.95 bits per heavy atom. The fourth-order valence-corrected chi connectivity index (χ4v) is 2.50. The van der Waals surface area contributed by atoms with Gasteiger partial charge in [-0.25, -0.2) is 0 Å². The fourth-order valence-electron chi connectivity index (χ4n) is 2.04. The molecule has 0 N–H and O–H groups in total. The van der Waals surface area contributed by atoms with Crippen LogP contribution in [0.2, 0.25) is 10.0 Å². The zero-order valence-electron chi connectivity index (χ0n) is 11.3. The van der Waals surface area contributed by atoms with Gasteiger partial charge in [0.15, 0.2) is 6.61 Å². The lowest BCUT2D eigenvalue weighted by Gasteiger charge is -2.21. The van der Waals surface area contributed by atoms with E-state index in [2.05, 4.69) is 0 Å². The standard InChI is InChI=1S/C14H17Cl2NO3/c1-17(8-11-3-2-6-19-11)14(18)9-20-13-5-4-10(15)7-12(13)16/h4-5,7,11H,2-3,6,8-9H2,1H3/t11-/m1/s1. The molecule has 0 unspecified atom stereocenters. The highest BCUT2D eigenvalue weighted by atomic mass is 35.5. The lowest BCUT2D eigenvalue weighted by Crippen LogP contribution is -2.37. The molecule has 20 heavy (non-hydrogen) atoms. The van der Waals surface area contributed by atoms with Gasteiger partial charge in [0.25, 0.3) is 5.91 Å². The van der Waals surface area contributed by atoms with Gasteiger partial charge in [-0.05, 0) is 31.0 Å². The number of likely N-dealkylation sites (N-methyl/N-ethyl adjacent to an activating group) is 1. The second-order valence-corrected chi connectivity index (χ2v) is 5.62. The topological polar surface area (TPSA) is 38.8 Å². The average Bonchev–Trinajstić information content (AvgIpc) is 2.90. The fraction of sp³-hybridized carbons (Fsp3) is 0.500. The van der Waals surface area contributed by atoms with Crippen LogP contribution in [0.1, 0.15) is 12.8 Å². The van der Waals surface area contributed by atoms with Gasteiger partial charge in [0.05, 0.1) is 11.1 Å². The maximum atomic E-state index is 12.0. The van der Waals surface area contributed by atoms with Gasteiger partial charge < -0.3 is 14.4 Å². The van der Waals surface area contributed by atoms with Crippen LogP contribution in [0.3, 0.4) is 0 Å². The second-order valence-electron chi connectivity index (χ2n) is 4.77. The van der Waals surface area contributed by atoms with Gasteiger partial charge in [0.1, 0.15) is 5.75 Å². The van der Waals surface area contributed by atoms with Crippen molar-refractivity contribution in [1.82, 2.24) is 4.90 Å². The number of hydrogen-bond acceptors (Lipinski definition) is 3. The molecule has 2 rings (SSSR count). The molecule has 4 nitrogen and oxygen atoms in total. The summed E-state index contributed by atoms with van der Waals surface area (Å²) < 4.78 is 10.9. The molecule has 1 aliphatic heterocycles. The summed E-state index contributed by atoms with van der Waals surface area (Å²) in [5.41, 5.74) is 0. The Balaban J connectivity index is 1.81. The van der Waals surface area contributed by atoms with Crippen molar-refractivity contribution in [2.24, 2.45) is 0 Å². The predicted molar refractivity (Wildman–Crippen MR) is 78.6 cm³/mol. The Morgan fingerprint density at radius 1 is 1.50 bits per heavy atom. The number of hydrogen-bond donors (Lipinski definition) is 0. The second kappa shape index (κ2) is 7.16. The Bertz CT molecular complexity index is 475. The van der Waals surface area contributed by atoms with Gasteiger partial charge in [0.2, 0.25) is 0 Å². The van der Waals surface area contributed by atoms with Crippen molar-refractivity contribution >= 4 is 29.1 Å². The maximum Gasteiger partial charge on any atom is 0.260 e. The van der Waals surface area contributed by atoms with Crippen LogP contribution >= 0.6 is 23.2 Å². The van der Waals surface area contributed by atoms with Crippen LogP contribution in [0.4, 0.5) is 0 Å². The number of ether oxygens (including phenoxy) is 2. The van der Waals surface area contributed by atoms with Crippen molar-refractivity contribution in [3.05, 3.63) is 28.2 Å². The van der Waals surface area contributed by atoms with E-state index in [0.717, 1.165) is 19.4 Å². The quantitative estimate of drug-likeness (QED) is 0.838. The minimum absolute atomic E-state index is 0.0510. The normalized spacial score (nSPS) is 18.1. The third-order valence-corrected chi connectivity index (χ3v) is 3.70. The van der Waals surface area contributed by atoms with Gasteiger partial charge in [-0.1, -0.05) is 23.2 Å². The summed E-state index contributed by atoms with van der Waals surface area (Å²) in [6.45, 7) is 1.32. The van der Waals surface area contributed by atoms with E-state index in [-0.39, 0.29) is 18.6 Å². The third kappa shape index (κ3) is 4.27. The molecule has 1 aromatic rings. The molecule has 6 heteroatoms. The van der Waals surface area contributed by atoms with Crippen molar-refractivity contribution in [2.75, 3.05) is 26.8 Å². The predicted octanol–water partition coefficient (Wildman–Crippen LogP) is 3.01. The van der Waals surface area contributed by atoms with Gasteiger partial charge >= 0.3 is 0 Å². The van der Waals surface area contributed by atoms with Crippen LogP contribution in [0.15, 0.2) is 18.2 Å². The molecule has 1 aromatic carbocycles. The molecule has 1 heterocycles. The SMILES string of the molecule is CN(C[C@H]1CCCO1)C(=O)COc1ccc(Cl)cc1Cl. The average molecular weight is 318 g/mol. The van der Waals surface area contributed by atoms with Crippen LogP contribution in [0.25, 0.3) is 0 Å². The molecular formula is C14H17Cl2NO3.